The van der Waals surface area contributed by atoms with Crippen LogP contribution < -0.4 is 15.4 Å². The lowest BCUT2D eigenvalue weighted by Gasteiger charge is -2.26. The van der Waals surface area contributed by atoms with Gasteiger partial charge >= 0.3 is 0 Å². The molecule has 0 bridgehead atoms. The molecule has 0 aliphatic carbocycles. The van der Waals surface area contributed by atoms with Gasteiger partial charge in [-0.25, -0.2) is 9.97 Å². The van der Waals surface area contributed by atoms with Crippen LogP contribution in [0.3, 0.4) is 0 Å². The molecule has 1 atom stereocenters. The normalized spacial score (nSPS) is 15.5. The Kier molecular flexibility index (Phi) is 5.06. The van der Waals surface area contributed by atoms with Crippen LogP contribution >= 0.6 is 34.3 Å². The van der Waals surface area contributed by atoms with Crippen molar-refractivity contribution in [2.45, 2.75) is 19.4 Å². The topological polar surface area (TPSA) is 76.1 Å². The number of nitrogens with zero attached hydrogens (tertiary/aromatic N) is 2. The number of hydrogen-bond donors (Lipinski definition) is 2. The summed E-state index contributed by atoms with van der Waals surface area (Å²) in [5.41, 5.74) is 3.73. The maximum Gasteiger partial charge on any atom is 0.217 e. The van der Waals surface area contributed by atoms with Gasteiger partial charge in [0.1, 0.15) is 5.75 Å². The van der Waals surface area contributed by atoms with E-state index in [0.717, 1.165) is 49.5 Å². The van der Waals surface area contributed by atoms with Crippen molar-refractivity contribution >= 4 is 60.7 Å². The molecule has 2 N–H and O–H groups in total. The van der Waals surface area contributed by atoms with E-state index >= 15 is 0 Å². The van der Waals surface area contributed by atoms with Crippen molar-refractivity contribution in [2.24, 2.45) is 0 Å². The molecule has 1 amide bonds. The van der Waals surface area contributed by atoms with E-state index in [9.17, 15) is 4.79 Å². The highest BCUT2D eigenvalue weighted by atomic mass is 35.5. The van der Waals surface area contributed by atoms with E-state index in [1.54, 1.807) is 0 Å². The van der Waals surface area contributed by atoms with Crippen molar-refractivity contribution in [1.82, 2.24) is 15.3 Å². The Morgan fingerprint density at radius 1 is 1.20 bits per heavy atom. The summed E-state index contributed by atoms with van der Waals surface area (Å²) in [6.07, 6.45) is 0.752. The van der Waals surface area contributed by atoms with Gasteiger partial charge in [0, 0.05) is 34.9 Å². The second-order valence-electron chi connectivity index (χ2n) is 6.94. The Bertz CT molecular complexity index is 1250. The molecule has 4 aromatic rings. The molecule has 5 rings (SSSR count). The van der Waals surface area contributed by atoms with Crippen LogP contribution in [-0.4, -0.2) is 22.5 Å². The Hall–Kier alpha value is -2.68. The van der Waals surface area contributed by atoms with Crippen molar-refractivity contribution in [3.05, 3.63) is 52.4 Å². The lowest BCUT2D eigenvalue weighted by molar-refractivity contribution is -0.119. The minimum absolute atomic E-state index is 0.0444. The molecule has 0 saturated heterocycles. The highest BCUT2D eigenvalue weighted by Gasteiger charge is 2.23. The Labute approximate surface area is 185 Å². The van der Waals surface area contributed by atoms with Crippen LogP contribution in [0.25, 0.3) is 21.5 Å². The van der Waals surface area contributed by atoms with Crippen LogP contribution in [0.1, 0.15) is 24.9 Å². The predicted octanol–water partition coefficient (Wildman–Crippen LogP) is 5.78. The number of anilines is 2. The highest BCUT2D eigenvalue weighted by molar-refractivity contribution is 7.22. The van der Waals surface area contributed by atoms with Gasteiger partial charge in [-0.1, -0.05) is 22.9 Å². The first kappa shape index (κ1) is 19.3. The zero-order valence-electron chi connectivity index (χ0n) is 15.9. The number of amides is 1. The smallest absolute Gasteiger partial charge is 0.217 e. The number of ether oxygens (including phenoxy) is 1. The summed E-state index contributed by atoms with van der Waals surface area (Å²) in [6.45, 7) is 2.13. The number of aromatic nitrogens is 2. The molecule has 2 aromatic heterocycles. The number of carbonyl (C=O) groups excluding carboxylic acids is 1. The summed E-state index contributed by atoms with van der Waals surface area (Å²) in [7, 11) is 0. The number of hydrogen-bond acceptors (Lipinski definition) is 7. The van der Waals surface area contributed by atoms with Gasteiger partial charge in [0.2, 0.25) is 5.91 Å². The molecule has 9 heteroatoms. The summed E-state index contributed by atoms with van der Waals surface area (Å²) >= 11 is 9.12. The van der Waals surface area contributed by atoms with Crippen molar-refractivity contribution in [2.75, 3.05) is 11.9 Å². The van der Waals surface area contributed by atoms with Crippen molar-refractivity contribution in [3.8, 4) is 17.0 Å². The third-order valence-corrected chi connectivity index (χ3v) is 6.72. The van der Waals surface area contributed by atoms with Crippen LogP contribution in [-0.2, 0) is 4.79 Å². The molecular formula is C21H17ClN4O2S2. The molecule has 0 spiro atoms. The van der Waals surface area contributed by atoms with E-state index in [4.69, 9.17) is 21.3 Å². The van der Waals surface area contributed by atoms with Gasteiger partial charge in [-0.15, -0.1) is 11.3 Å². The van der Waals surface area contributed by atoms with E-state index in [1.807, 2.05) is 41.8 Å². The van der Waals surface area contributed by atoms with Crippen LogP contribution in [0.4, 0.5) is 10.3 Å². The summed E-state index contributed by atoms with van der Waals surface area (Å²) in [4.78, 5) is 20.9. The third-order valence-electron chi connectivity index (χ3n) is 4.79. The standard InChI is InChI=1S/C21H17ClN4O2S2/c1-11(27)23-15-6-7-28-18-5-2-12(8-14(15)18)17-10-29-20(25-17)26-21-24-16-4-3-13(22)9-19(16)30-21/h2-5,8-10,15H,6-7H2,1H3,(H,23,27)(H,24,25,26). The molecule has 6 nitrogen and oxygen atoms in total. The molecule has 0 radical (unpaired) electrons. The summed E-state index contributed by atoms with van der Waals surface area (Å²) in [5.74, 6) is 0.765. The number of fused-ring (bicyclic) bond motifs is 2. The molecule has 1 aliphatic rings. The third kappa shape index (κ3) is 3.86. The number of benzene rings is 2. The first-order chi connectivity index (χ1) is 14.5. The Morgan fingerprint density at radius 2 is 2.10 bits per heavy atom. The average molecular weight is 457 g/mol. The van der Waals surface area contributed by atoms with Crippen LogP contribution in [0.2, 0.25) is 5.02 Å². The molecule has 2 aromatic carbocycles. The van der Waals surface area contributed by atoms with E-state index in [2.05, 4.69) is 15.6 Å². The first-order valence-corrected chi connectivity index (χ1v) is 11.5. The number of nitrogens with one attached hydrogen (secondary N) is 2. The second kappa shape index (κ2) is 7.86. The van der Waals surface area contributed by atoms with E-state index < -0.39 is 0 Å². The molecule has 152 valence electrons. The molecule has 0 fully saturated rings. The Morgan fingerprint density at radius 3 is 2.97 bits per heavy atom. The van der Waals surface area contributed by atoms with Gasteiger partial charge in [-0.05, 0) is 36.4 Å². The highest BCUT2D eigenvalue weighted by Crippen LogP contribution is 2.37. The zero-order chi connectivity index (χ0) is 20.7. The summed E-state index contributed by atoms with van der Waals surface area (Å²) < 4.78 is 6.78. The Balaban J connectivity index is 1.40. The minimum atomic E-state index is -0.0458. The summed E-state index contributed by atoms with van der Waals surface area (Å²) in [5, 5.41) is 10.5. The number of halogens is 1. The van der Waals surface area contributed by atoms with Crippen molar-refractivity contribution < 1.29 is 9.53 Å². The van der Waals surface area contributed by atoms with Gasteiger partial charge in [0.15, 0.2) is 10.3 Å². The van der Waals surface area contributed by atoms with Crippen molar-refractivity contribution in [3.63, 3.8) is 0 Å². The maximum absolute atomic E-state index is 11.6. The van der Waals surface area contributed by atoms with Gasteiger partial charge < -0.3 is 15.4 Å². The molecule has 30 heavy (non-hydrogen) atoms. The van der Waals surface area contributed by atoms with E-state index in [-0.39, 0.29) is 11.9 Å². The maximum atomic E-state index is 11.6. The zero-order valence-corrected chi connectivity index (χ0v) is 18.3. The SMILES string of the molecule is CC(=O)NC1CCOc2ccc(-c3csc(Nc4nc5ccc(Cl)cc5s4)n3)cc21. The fourth-order valence-electron chi connectivity index (χ4n) is 3.46. The fourth-order valence-corrected chi connectivity index (χ4v) is 5.38. The fraction of sp³-hybridized carbons (Fsp3) is 0.190. The average Bonchev–Trinajstić information content (AvgIpc) is 3.34. The number of thiazole rings is 2. The molecule has 3 heterocycles. The van der Waals surface area contributed by atoms with Crippen LogP contribution in [0, 0.1) is 0 Å². The van der Waals surface area contributed by atoms with Crippen LogP contribution in [0.15, 0.2) is 41.8 Å². The first-order valence-electron chi connectivity index (χ1n) is 9.38. The molecule has 1 aliphatic heterocycles. The van der Waals surface area contributed by atoms with Gasteiger partial charge in [-0.3, -0.25) is 4.79 Å². The summed E-state index contributed by atoms with van der Waals surface area (Å²) in [6, 6.07) is 11.6. The van der Waals surface area contributed by atoms with Crippen molar-refractivity contribution in [1.29, 1.82) is 0 Å². The number of rotatable bonds is 4. The minimum Gasteiger partial charge on any atom is -0.493 e. The predicted molar refractivity (Wildman–Crippen MR) is 122 cm³/mol. The molecule has 0 saturated carbocycles. The lowest BCUT2D eigenvalue weighted by Crippen LogP contribution is -2.30. The van der Waals surface area contributed by atoms with E-state index in [1.165, 1.54) is 29.6 Å². The van der Waals surface area contributed by atoms with Gasteiger partial charge in [0.05, 0.1) is 28.6 Å². The molecule has 1 unspecified atom stereocenters. The van der Waals surface area contributed by atoms with Gasteiger partial charge in [0.25, 0.3) is 0 Å². The number of carbonyl (C=O) groups is 1. The van der Waals surface area contributed by atoms with E-state index in [0.29, 0.717) is 11.6 Å². The largest absolute Gasteiger partial charge is 0.493 e. The monoisotopic (exact) mass is 456 g/mol. The van der Waals surface area contributed by atoms with Crippen LogP contribution in [0.5, 0.6) is 5.75 Å². The second-order valence-corrected chi connectivity index (χ2v) is 9.26. The quantitative estimate of drug-likeness (QED) is 0.407. The lowest BCUT2D eigenvalue weighted by atomic mass is 9.97. The van der Waals surface area contributed by atoms with Gasteiger partial charge in [-0.2, -0.15) is 0 Å². The molecular weight excluding hydrogens is 440 g/mol.